The van der Waals surface area contributed by atoms with Crippen molar-refractivity contribution >= 4 is 17.6 Å². The van der Waals surface area contributed by atoms with E-state index in [0.717, 1.165) is 71.4 Å². The van der Waals surface area contributed by atoms with Crippen LogP contribution < -0.4 is 5.32 Å². The SMILES string of the molecule is C=COC1=[N+]([C@@H]2C=C(C)CCC2)C(=O)C(NCCN2CCOCC2)=C(CCCCC)C1=O. The quantitative estimate of drug-likeness (QED) is 0.242. The van der Waals surface area contributed by atoms with E-state index in [-0.39, 0.29) is 23.6 Å². The summed E-state index contributed by atoms with van der Waals surface area (Å²) in [6.45, 7) is 12.5. The van der Waals surface area contributed by atoms with Crippen LogP contribution in [0.25, 0.3) is 0 Å². The maximum absolute atomic E-state index is 13.7. The minimum atomic E-state index is -0.203. The maximum Gasteiger partial charge on any atom is 0.439 e. The van der Waals surface area contributed by atoms with E-state index in [1.54, 1.807) is 4.58 Å². The number of carbonyl (C=O) groups excluding carboxylic acids is 2. The number of ether oxygens (including phenoxy) is 2. The molecule has 0 spiro atoms. The first kappa shape index (κ1) is 24.4. The molecule has 7 heteroatoms. The molecule has 3 aliphatic rings. The Morgan fingerprint density at radius 3 is 2.78 bits per heavy atom. The van der Waals surface area contributed by atoms with Crippen LogP contribution in [0.15, 0.2) is 35.8 Å². The van der Waals surface area contributed by atoms with Gasteiger partial charge in [-0.2, -0.15) is 0 Å². The fourth-order valence-electron chi connectivity index (χ4n) is 4.61. The van der Waals surface area contributed by atoms with Gasteiger partial charge in [0.2, 0.25) is 0 Å². The summed E-state index contributed by atoms with van der Waals surface area (Å²) in [5.74, 6) is -0.289. The minimum Gasteiger partial charge on any atom is -0.411 e. The third kappa shape index (κ3) is 5.95. The van der Waals surface area contributed by atoms with Crippen molar-refractivity contribution in [3.05, 3.63) is 35.8 Å². The second-order valence-electron chi connectivity index (χ2n) is 8.76. The number of nitrogens with one attached hydrogen (secondary N) is 1. The summed E-state index contributed by atoms with van der Waals surface area (Å²) < 4.78 is 12.5. The Hall–Kier alpha value is -2.25. The molecule has 1 fully saturated rings. The van der Waals surface area contributed by atoms with E-state index >= 15 is 0 Å². The summed E-state index contributed by atoms with van der Waals surface area (Å²) in [6.07, 6.45) is 9.64. The van der Waals surface area contributed by atoms with Gasteiger partial charge in [0, 0.05) is 38.2 Å². The molecule has 0 aromatic rings. The third-order valence-electron chi connectivity index (χ3n) is 6.36. The van der Waals surface area contributed by atoms with Crippen LogP contribution >= 0.6 is 0 Å². The number of allylic oxidation sites excluding steroid dienone is 1. The van der Waals surface area contributed by atoms with Gasteiger partial charge >= 0.3 is 11.8 Å². The highest BCUT2D eigenvalue weighted by molar-refractivity contribution is 6.43. The molecule has 7 nitrogen and oxygen atoms in total. The molecule has 32 heavy (non-hydrogen) atoms. The standard InChI is InChI=1S/C25H37N3O4/c1-4-6-7-11-21-22(26-12-13-27-14-16-31-17-15-27)24(30)28(25(23(21)29)32-5-2)20-10-8-9-19(3)18-20/h5,18,20H,2,4,6-17H2,1,3H3/p+1/t20-/m0/s1. The molecule has 1 atom stereocenters. The minimum absolute atomic E-state index is 0.0891. The number of ketones is 1. The molecule has 3 rings (SSSR count). The molecule has 0 aromatic carbocycles. The molecule has 2 heterocycles. The van der Waals surface area contributed by atoms with Gasteiger partial charge in [0.25, 0.3) is 5.78 Å². The molecular formula is C25H38N3O4+. The zero-order chi connectivity index (χ0) is 22.9. The van der Waals surface area contributed by atoms with Crippen molar-refractivity contribution in [2.24, 2.45) is 0 Å². The average Bonchev–Trinajstić information content (AvgIpc) is 2.79. The maximum atomic E-state index is 13.7. The van der Waals surface area contributed by atoms with Crippen LogP contribution in [0, 0.1) is 0 Å². The molecule has 0 radical (unpaired) electrons. The van der Waals surface area contributed by atoms with Gasteiger partial charge in [-0.3, -0.25) is 9.69 Å². The van der Waals surface area contributed by atoms with Crippen LogP contribution in [0.5, 0.6) is 0 Å². The van der Waals surface area contributed by atoms with Gasteiger partial charge in [0.05, 0.1) is 19.5 Å². The first-order chi connectivity index (χ1) is 15.6. The van der Waals surface area contributed by atoms with Gasteiger partial charge in [-0.25, -0.2) is 4.79 Å². The summed E-state index contributed by atoms with van der Waals surface area (Å²) in [7, 11) is 0. The first-order valence-electron chi connectivity index (χ1n) is 12.0. The molecule has 0 bridgehead atoms. The fourth-order valence-corrected chi connectivity index (χ4v) is 4.61. The van der Waals surface area contributed by atoms with Crippen molar-refractivity contribution in [1.29, 1.82) is 0 Å². The monoisotopic (exact) mass is 444 g/mol. The zero-order valence-corrected chi connectivity index (χ0v) is 19.7. The van der Waals surface area contributed by atoms with Gasteiger partial charge in [-0.05, 0) is 38.7 Å². The molecule has 176 valence electrons. The topological polar surface area (TPSA) is 70.9 Å². The summed E-state index contributed by atoms with van der Waals surface area (Å²) in [5.41, 5.74) is 2.21. The number of morpholine rings is 1. The molecule has 2 aliphatic heterocycles. The number of nitrogens with zero attached hydrogens (tertiary/aromatic N) is 2. The van der Waals surface area contributed by atoms with E-state index in [9.17, 15) is 9.59 Å². The normalized spacial score (nSPS) is 22.8. The van der Waals surface area contributed by atoms with Crippen LogP contribution in [0.3, 0.4) is 0 Å². The Labute approximate surface area is 191 Å². The van der Waals surface area contributed by atoms with Crippen molar-refractivity contribution in [3.63, 3.8) is 0 Å². The number of carbonyl (C=O) groups is 2. The van der Waals surface area contributed by atoms with Crippen molar-refractivity contribution in [2.45, 2.75) is 64.8 Å². The Morgan fingerprint density at radius 2 is 2.09 bits per heavy atom. The van der Waals surface area contributed by atoms with E-state index in [1.165, 1.54) is 11.8 Å². The van der Waals surface area contributed by atoms with Crippen LogP contribution in [0.1, 0.15) is 58.8 Å². The summed E-state index contributed by atoms with van der Waals surface area (Å²) in [6, 6.07) is -0.177. The van der Waals surface area contributed by atoms with E-state index in [0.29, 0.717) is 24.2 Å². The highest BCUT2D eigenvalue weighted by Gasteiger charge is 2.46. The molecule has 0 saturated carbocycles. The number of amides is 1. The van der Waals surface area contributed by atoms with Gasteiger partial charge in [-0.1, -0.05) is 31.9 Å². The van der Waals surface area contributed by atoms with Crippen molar-refractivity contribution < 1.29 is 23.6 Å². The summed E-state index contributed by atoms with van der Waals surface area (Å²) in [5, 5.41) is 3.34. The Bertz CT molecular complexity index is 806. The zero-order valence-electron chi connectivity index (χ0n) is 19.7. The number of unbranched alkanes of at least 4 members (excludes halogenated alkanes) is 2. The molecular weight excluding hydrogens is 406 g/mol. The van der Waals surface area contributed by atoms with E-state index in [1.807, 2.05) is 0 Å². The lowest BCUT2D eigenvalue weighted by Crippen LogP contribution is -2.49. The van der Waals surface area contributed by atoms with E-state index in [4.69, 9.17) is 9.47 Å². The van der Waals surface area contributed by atoms with Gasteiger partial charge in [-0.15, -0.1) is 4.58 Å². The van der Waals surface area contributed by atoms with Crippen molar-refractivity contribution in [2.75, 3.05) is 39.4 Å². The van der Waals surface area contributed by atoms with Crippen molar-refractivity contribution in [1.82, 2.24) is 10.2 Å². The number of Topliss-reactive ketones (excluding diaryl/α,β-unsaturated/α-hetero) is 1. The lowest BCUT2D eigenvalue weighted by Gasteiger charge is -2.27. The van der Waals surface area contributed by atoms with Gasteiger partial charge in [0.15, 0.2) is 11.7 Å². The third-order valence-corrected chi connectivity index (χ3v) is 6.36. The number of hydrogen-bond donors (Lipinski definition) is 1. The lowest BCUT2D eigenvalue weighted by atomic mass is 9.93. The fraction of sp³-hybridized carbons (Fsp3) is 0.640. The molecule has 1 aliphatic carbocycles. The van der Waals surface area contributed by atoms with Crippen LogP contribution in [-0.4, -0.2) is 72.5 Å². The van der Waals surface area contributed by atoms with Crippen LogP contribution in [-0.2, 0) is 19.1 Å². The van der Waals surface area contributed by atoms with Gasteiger partial charge in [0.1, 0.15) is 0 Å². The predicted molar refractivity (Wildman–Crippen MR) is 124 cm³/mol. The number of rotatable bonds is 10. The predicted octanol–water partition coefficient (Wildman–Crippen LogP) is 2.92. The Balaban J connectivity index is 1.87. The largest absolute Gasteiger partial charge is 0.439 e. The average molecular weight is 445 g/mol. The first-order valence-corrected chi connectivity index (χ1v) is 12.0. The summed E-state index contributed by atoms with van der Waals surface area (Å²) >= 11 is 0. The highest BCUT2D eigenvalue weighted by atomic mass is 16.5. The second kappa shape index (κ2) is 12.1. The lowest BCUT2D eigenvalue weighted by molar-refractivity contribution is -0.482. The van der Waals surface area contributed by atoms with Gasteiger partial charge < -0.3 is 14.8 Å². The highest BCUT2D eigenvalue weighted by Crippen LogP contribution is 2.26. The summed E-state index contributed by atoms with van der Waals surface area (Å²) in [4.78, 5) is 29.6. The number of hydrogen-bond acceptors (Lipinski definition) is 6. The molecule has 1 N–H and O–H groups in total. The van der Waals surface area contributed by atoms with E-state index in [2.05, 4.69) is 36.7 Å². The molecule has 0 unspecified atom stereocenters. The molecule has 0 aromatic heterocycles. The van der Waals surface area contributed by atoms with Crippen molar-refractivity contribution in [3.8, 4) is 0 Å². The molecule has 1 saturated heterocycles. The van der Waals surface area contributed by atoms with E-state index < -0.39 is 0 Å². The Morgan fingerprint density at radius 1 is 1.31 bits per heavy atom. The second-order valence-corrected chi connectivity index (χ2v) is 8.76. The van der Waals surface area contributed by atoms with Crippen LogP contribution in [0.4, 0.5) is 0 Å². The smallest absolute Gasteiger partial charge is 0.411 e. The Kier molecular flexibility index (Phi) is 9.23. The molecule has 1 amide bonds. The van der Waals surface area contributed by atoms with Crippen LogP contribution in [0.2, 0.25) is 0 Å².